The van der Waals surface area contributed by atoms with E-state index in [9.17, 15) is 23.9 Å². The number of rotatable bonds is 8. The molecule has 2 aliphatic rings. The van der Waals surface area contributed by atoms with Gasteiger partial charge >= 0.3 is 0 Å². The number of pyridine rings is 1. The van der Waals surface area contributed by atoms with E-state index in [0.717, 1.165) is 36.2 Å². The predicted molar refractivity (Wildman–Crippen MR) is 169 cm³/mol. The predicted octanol–water partition coefficient (Wildman–Crippen LogP) is 3.48. The number of primary amides is 1. The zero-order chi connectivity index (χ0) is 33.0. The molecule has 1 aliphatic heterocycles. The highest BCUT2D eigenvalue weighted by atomic mass is 35.5. The van der Waals surface area contributed by atoms with E-state index in [1.807, 2.05) is 0 Å². The fourth-order valence-electron chi connectivity index (χ4n) is 6.19. The first-order valence-electron chi connectivity index (χ1n) is 14.9. The number of aryl methyl sites for hydroxylation is 1. The molecule has 0 bridgehead atoms. The van der Waals surface area contributed by atoms with Crippen LogP contribution in [0.1, 0.15) is 37.0 Å². The maximum absolute atomic E-state index is 15.1. The Morgan fingerprint density at radius 2 is 1.91 bits per heavy atom. The van der Waals surface area contributed by atoms with E-state index in [0.29, 0.717) is 17.5 Å². The molecule has 2 fully saturated rings. The molecule has 0 spiro atoms. The van der Waals surface area contributed by atoms with E-state index < -0.39 is 45.9 Å². The first-order chi connectivity index (χ1) is 21.8. The van der Waals surface area contributed by atoms with Crippen molar-refractivity contribution in [1.29, 1.82) is 0 Å². The highest BCUT2D eigenvalue weighted by Crippen LogP contribution is 2.37. The van der Waals surface area contributed by atoms with E-state index in [2.05, 4.69) is 38.9 Å². The summed E-state index contributed by atoms with van der Waals surface area (Å²) in [6, 6.07) is 3.30. The van der Waals surface area contributed by atoms with Gasteiger partial charge in [-0.15, -0.1) is 0 Å². The van der Waals surface area contributed by atoms with Gasteiger partial charge in [0.05, 0.1) is 34.2 Å². The van der Waals surface area contributed by atoms with E-state index in [1.165, 1.54) is 43.2 Å². The van der Waals surface area contributed by atoms with Gasteiger partial charge in [0.2, 0.25) is 11.7 Å². The Morgan fingerprint density at radius 3 is 2.59 bits per heavy atom. The van der Waals surface area contributed by atoms with Crippen LogP contribution in [0.5, 0.6) is 5.75 Å². The van der Waals surface area contributed by atoms with E-state index in [-0.39, 0.29) is 34.2 Å². The van der Waals surface area contributed by atoms with Crippen molar-refractivity contribution in [3.05, 3.63) is 63.4 Å². The zero-order valence-corrected chi connectivity index (χ0v) is 26.2. The number of aromatic nitrogens is 4. The fourth-order valence-corrected chi connectivity index (χ4v) is 6.34. The van der Waals surface area contributed by atoms with Gasteiger partial charge in [-0.05, 0) is 38.7 Å². The Hall–Kier alpha value is -4.56. The van der Waals surface area contributed by atoms with Gasteiger partial charge in [-0.3, -0.25) is 19.3 Å². The van der Waals surface area contributed by atoms with Crippen LogP contribution in [0.25, 0.3) is 22.2 Å². The number of hydrogen-bond donors (Lipinski definition) is 3. The number of aromatic hydroxyl groups is 1. The summed E-state index contributed by atoms with van der Waals surface area (Å²) in [5.41, 5.74) is 3.64. The molecule has 0 radical (unpaired) electrons. The summed E-state index contributed by atoms with van der Waals surface area (Å²) in [5, 5.41) is 12.8. The van der Waals surface area contributed by atoms with Crippen LogP contribution in [0.3, 0.4) is 0 Å². The van der Waals surface area contributed by atoms with Crippen molar-refractivity contribution < 1.29 is 23.5 Å². The molecule has 1 aromatic carbocycles. The molecule has 4 heterocycles. The van der Waals surface area contributed by atoms with Crippen LogP contribution in [0.15, 0.2) is 35.6 Å². The number of phenols is 1. The third-order valence-corrected chi connectivity index (χ3v) is 9.24. The third kappa shape index (κ3) is 5.66. The largest absolute Gasteiger partial charge is 0.504 e. The molecular formula is C31H33ClF2N8O4. The minimum absolute atomic E-state index is 0.00962. The molecule has 1 unspecified atom stereocenters. The number of hydrogen-bond acceptors (Lipinski definition) is 8. The second kappa shape index (κ2) is 12.0. The van der Waals surface area contributed by atoms with Crippen molar-refractivity contribution in [2.75, 3.05) is 29.9 Å². The second-order valence-electron chi connectivity index (χ2n) is 12.0. The number of halogens is 3. The molecule has 1 saturated heterocycles. The number of benzene rings is 1. The van der Waals surface area contributed by atoms with Crippen molar-refractivity contribution in [1.82, 2.24) is 24.0 Å². The molecule has 4 aromatic rings. The lowest BCUT2D eigenvalue weighted by Crippen LogP contribution is -2.55. The van der Waals surface area contributed by atoms with Gasteiger partial charge in [0.15, 0.2) is 11.6 Å². The van der Waals surface area contributed by atoms with Gasteiger partial charge in [0, 0.05) is 62.2 Å². The minimum atomic E-state index is -1.71. The normalized spacial score (nSPS) is 17.8. The Morgan fingerprint density at radius 1 is 1.17 bits per heavy atom. The molecule has 4 N–H and O–H groups in total. The molecule has 242 valence electrons. The fraction of sp³-hybridized carbons (Fsp3) is 0.387. The number of nitrogens with one attached hydrogen (secondary N) is 1. The standard InChI is InChI=1S/C31H33ClF2N8O4/c1-15-11-40(16(2)17-4-5-17)6-7-42(15)23-9-22(21(32)10-36-23)38-24(43)13-41-12-20(25-30(41)37-14-39(3)31(25)46)18-8-19(29(35)45)28(44)27(34)26(18)33/h8-10,12,14-17,44H,4-7,11,13H2,1-3H3,(H2,35,45)(H,36,38,43)/t15-,16?/m0/s1. The number of nitrogens with two attached hydrogens (primary N) is 1. The lowest BCUT2D eigenvalue weighted by atomic mass is 10.0. The number of piperazine rings is 1. The summed E-state index contributed by atoms with van der Waals surface area (Å²) >= 11 is 6.43. The van der Waals surface area contributed by atoms with Gasteiger partial charge in [-0.2, -0.15) is 4.39 Å². The summed E-state index contributed by atoms with van der Waals surface area (Å²) in [6.07, 6.45) is 6.52. The van der Waals surface area contributed by atoms with Gasteiger partial charge < -0.3 is 30.2 Å². The smallest absolute Gasteiger partial charge is 0.263 e. The highest BCUT2D eigenvalue weighted by molar-refractivity contribution is 6.33. The number of anilines is 2. The lowest BCUT2D eigenvalue weighted by molar-refractivity contribution is -0.116. The first-order valence-corrected chi connectivity index (χ1v) is 15.2. The Balaban J connectivity index is 1.28. The molecule has 46 heavy (non-hydrogen) atoms. The summed E-state index contributed by atoms with van der Waals surface area (Å²) < 4.78 is 32.2. The van der Waals surface area contributed by atoms with E-state index >= 15 is 4.39 Å². The molecule has 3 aromatic heterocycles. The summed E-state index contributed by atoms with van der Waals surface area (Å²) in [7, 11) is 1.42. The van der Waals surface area contributed by atoms with Crippen molar-refractivity contribution in [2.45, 2.75) is 45.3 Å². The molecule has 2 atom stereocenters. The number of amides is 2. The summed E-state index contributed by atoms with van der Waals surface area (Å²) in [6.45, 7) is 6.61. The molecule has 15 heteroatoms. The van der Waals surface area contributed by atoms with E-state index in [1.54, 1.807) is 6.07 Å². The van der Waals surface area contributed by atoms with E-state index in [4.69, 9.17) is 17.3 Å². The summed E-state index contributed by atoms with van der Waals surface area (Å²) in [4.78, 5) is 51.8. The quantitative estimate of drug-likeness (QED) is 0.261. The van der Waals surface area contributed by atoms with Crippen LogP contribution in [0.4, 0.5) is 20.3 Å². The Kier molecular flexibility index (Phi) is 8.19. The average Bonchev–Trinajstić information content (AvgIpc) is 3.81. The molecular weight excluding hydrogens is 622 g/mol. The maximum Gasteiger partial charge on any atom is 0.263 e. The van der Waals surface area contributed by atoms with Gasteiger partial charge in [0.25, 0.3) is 11.5 Å². The Labute approximate surface area is 267 Å². The zero-order valence-electron chi connectivity index (χ0n) is 25.4. The highest BCUT2D eigenvalue weighted by Gasteiger charge is 2.35. The third-order valence-electron chi connectivity index (χ3n) is 8.94. The van der Waals surface area contributed by atoms with Crippen LogP contribution in [0.2, 0.25) is 5.02 Å². The summed E-state index contributed by atoms with van der Waals surface area (Å²) in [5.74, 6) is -4.77. The number of carbonyl (C=O) groups is 2. The molecule has 2 amide bonds. The van der Waals surface area contributed by atoms with Crippen molar-refractivity contribution in [3.63, 3.8) is 0 Å². The SMILES string of the molecule is CC(C1CC1)N1CCN(c2cc(NC(=O)Cn3cc(-c4cc(C(N)=O)c(O)c(F)c4F)c4c(=O)n(C)cnc43)c(Cl)cn2)[C@@H](C)C1. The van der Waals surface area contributed by atoms with Crippen LogP contribution >= 0.6 is 11.6 Å². The molecule has 6 rings (SSSR count). The van der Waals surface area contributed by atoms with Crippen molar-refractivity contribution >= 4 is 46.0 Å². The first kappa shape index (κ1) is 31.4. The second-order valence-corrected chi connectivity index (χ2v) is 12.4. The van der Waals surface area contributed by atoms with Crippen LogP contribution in [0, 0.1) is 17.6 Å². The van der Waals surface area contributed by atoms with Crippen LogP contribution < -0.4 is 21.5 Å². The number of carbonyl (C=O) groups excluding carboxylic acids is 2. The topological polar surface area (TPSA) is 152 Å². The van der Waals surface area contributed by atoms with Gasteiger partial charge in [-0.25, -0.2) is 14.4 Å². The maximum atomic E-state index is 15.1. The average molecular weight is 655 g/mol. The minimum Gasteiger partial charge on any atom is -0.504 e. The van der Waals surface area contributed by atoms with Gasteiger partial charge in [0.1, 0.15) is 18.0 Å². The number of nitrogens with zero attached hydrogens (tertiary/aromatic N) is 6. The molecule has 12 nitrogen and oxygen atoms in total. The molecule has 1 aliphatic carbocycles. The van der Waals surface area contributed by atoms with Crippen LogP contribution in [-0.4, -0.2) is 72.6 Å². The monoisotopic (exact) mass is 654 g/mol. The van der Waals surface area contributed by atoms with Gasteiger partial charge in [-0.1, -0.05) is 11.6 Å². The van der Waals surface area contributed by atoms with Crippen molar-refractivity contribution in [3.8, 4) is 16.9 Å². The Bertz CT molecular complexity index is 1940. The molecule has 1 saturated carbocycles. The van der Waals surface area contributed by atoms with Crippen molar-refractivity contribution in [2.24, 2.45) is 18.7 Å². The van der Waals surface area contributed by atoms with Crippen LogP contribution in [-0.2, 0) is 18.4 Å². The lowest BCUT2D eigenvalue weighted by Gasteiger charge is -2.43. The number of fused-ring (bicyclic) bond motifs is 1.